The summed E-state index contributed by atoms with van der Waals surface area (Å²) >= 11 is 0. The summed E-state index contributed by atoms with van der Waals surface area (Å²) < 4.78 is 10.5. The highest BCUT2D eigenvalue weighted by molar-refractivity contribution is 6.83. The molecular weight excluding hydrogens is 350 g/mol. The highest BCUT2D eigenvalue weighted by Gasteiger charge is 2.75. The number of esters is 2. The first kappa shape index (κ1) is 20.2. The van der Waals surface area contributed by atoms with Gasteiger partial charge in [-0.3, -0.25) is 9.69 Å². The molecule has 1 heterocycles. The van der Waals surface area contributed by atoms with E-state index in [9.17, 15) is 14.4 Å². The van der Waals surface area contributed by atoms with Crippen LogP contribution in [0.25, 0.3) is 0 Å². The number of ether oxygens (including phenoxy) is 2. The van der Waals surface area contributed by atoms with Gasteiger partial charge in [0.25, 0.3) is 5.54 Å². The molecule has 0 saturated carbocycles. The summed E-state index contributed by atoms with van der Waals surface area (Å²) in [4.78, 5) is 40.4. The molecule has 1 aliphatic rings. The molecule has 1 amide bonds. The number of carbonyl (C=O) groups is 3. The van der Waals surface area contributed by atoms with Gasteiger partial charge in [-0.2, -0.15) is 0 Å². The van der Waals surface area contributed by atoms with Crippen LogP contribution in [0.2, 0.25) is 25.2 Å². The topological polar surface area (TPSA) is 72.9 Å². The lowest BCUT2D eigenvalue weighted by Gasteiger charge is -2.56. The number of hydrogen-bond donors (Lipinski definition) is 0. The Balaban J connectivity index is 2.67. The van der Waals surface area contributed by atoms with E-state index in [4.69, 9.17) is 9.47 Å². The van der Waals surface area contributed by atoms with Gasteiger partial charge in [0.15, 0.2) is 0 Å². The summed E-state index contributed by atoms with van der Waals surface area (Å²) in [5.41, 5.74) is -0.963. The fraction of sp³-hybridized carbons (Fsp3) is 0.526. The smallest absolute Gasteiger partial charge is 0.344 e. The minimum absolute atomic E-state index is 0.119. The molecule has 0 spiro atoms. The number of benzene rings is 1. The van der Waals surface area contributed by atoms with Gasteiger partial charge in [-0.1, -0.05) is 37.3 Å². The molecule has 0 bridgehead atoms. The van der Waals surface area contributed by atoms with Crippen molar-refractivity contribution in [1.29, 1.82) is 0 Å². The van der Waals surface area contributed by atoms with Gasteiger partial charge >= 0.3 is 11.9 Å². The van der Waals surface area contributed by atoms with Crippen molar-refractivity contribution < 1.29 is 23.9 Å². The Labute approximate surface area is 155 Å². The van der Waals surface area contributed by atoms with Crippen LogP contribution in [0, 0.1) is 6.92 Å². The number of carbonyl (C=O) groups excluding carboxylic acids is 3. The molecule has 0 N–H and O–H groups in total. The predicted molar refractivity (Wildman–Crippen MR) is 102 cm³/mol. The van der Waals surface area contributed by atoms with E-state index in [1.54, 1.807) is 26.0 Å². The number of amides is 1. The van der Waals surface area contributed by atoms with Gasteiger partial charge in [0.05, 0.1) is 26.8 Å². The summed E-state index contributed by atoms with van der Waals surface area (Å²) in [6.45, 7) is 11.4. The third-order valence-corrected chi connectivity index (χ3v) is 6.97. The van der Waals surface area contributed by atoms with Gasteiger partial charge < -0.3 is 9.47 Å². The molecule has 1 aromatic carbocycles. The van der Waals surface area contributed by atoms with Crippen molar-refractivity contribution in [2.45, 2.75) is 51.5 Å². The number of aryl methyl sites for hydroxylation is 1. The van der Waals surface area contributed by atoms with Crippen molar-refractivity contribution in [3.63, 3.8) is 0 Å². The molecule has 1 saturated heterocycles. The van der Waals surface area contributed by atoms with Crippen molar-refractivity contribution in [2.24, 2.45) is 0 Å². The van der Waals surface area contributed by atoms with E-state index < -0.39 is 31.1 Å². The van der Waals surface area contributed by atoms with Gasteiger partial charge in [0.2, 0.25) is 5.91 Å². The minimum atomic E-state index is -2.23. The van der Waals surface area contributed by atoms with Gasteiger partial charge in [0.1, 0.15) is 0 Å². The molecule has 1 aromatic rings. The number of hydrogen-bond acceptors (Lipinski definition) is 5. The predicted octanol–water partition coefficient (Wildman–Crippen LogP) is 2.92. The highest BCUT2D eigenvalue weighted by atomic mass is 28.3. The Morgan fingerprint density at radius 2 is 1.50 bits per heavy atom. The first-order valence-electron chi connectivity index (χ1n) is 8.87. The maximum absolute atomic E-state index is 13.1. The second-order valence-electron chi connectivity index (χ2n) is 7.52. The van der Waals surface area contributed by atoms with E-state index >= 15 is 0 Å². The van der Waals surface area contributed by atoms with Crippen molar-refractivity contribution >= 4 is 31.6 Å². The molecule has 2 rings (SSSR count). The fourth-order valence-corrected chi connectivity index (χ4v) is 6.04. The molecule has 0 aromatic heterocycles. The van der Waals surface area contributed by atoms with Crippen LogP contribution in [-0.2, 0) is 23.9 Å². The van der Waals surface area contributed by atoms with Gasteiger partial charge in [0, 0.05) is 5.69 Å². The molecule has 0 aliphatic carbocycles. The lowest BCUT2D eigenvalue weighted by molar-refractivity contribution is -0.171. The summed E-state index contributed by atoms with van der Waals surface area (Å²) in [7, 11) is -2.23. The van der Waals surface area contributed by atoms with E-state index in [2.05, 4.69) is 0 Å². The van der Waals surface area contributed by atoms with Crippen LogP contribution < -0.4 is 4.90 Å². The van der Waals surface area contributed by atoms with E-state index in [1.807, 2.05) is 38.7 Å². The normalized spacial score (nSPS) is 18.9. The van der Waals surface area contributed by atoms with Gasteiger partial charge in [-0.05, 0) is 32.9 Å². The maximum atomic E-state index is 13.1. The quantitative estimate of drug-likeness (QED) is 0.330. The largest absolute Gasteiger partial charge is 0.464 e. The van der Waals surface area contributed by atoms with Crippen molar-refractivity contribution in [2.75, 3.05) is 18.1 Å². The highest BCUT2D eigenvalue weighted by Crippen LogP contribution is 2.52. The fourth-order valence-electron chi connectivity index (χ4n) is 3.55. The maximum Gasteiger partial charge on any atom is 0.344 e. The molecule has 1 aliphatic heterocycles. The van der Waals surface area contributed by atoms with Crippen LogP contribution in [0.15, 0.2) is 24.3 Å². The zero-order chi connectivity index (χ0) is 19.7. The average Bonchev–Trinajstić information content (AvgIpc) is 2.53. The van der Waals surface area contributed by atoms with Crippen LogP contribution in [-0.4, -0.2) is 44.7 Å². The Kier molecular flexibility index (Phi) is 5.60. The van der Waals surface area contributed by atoms with Crippen LogP contribution in [0.1, 0.15) is 19.4 Å². The molecule has 1 atom stereocenters. The molecule has 142 valence electrons. The van der Waals surface area contributed by atoms with E-state index in [-0.39, 0.29) is 19.1 Å². The number of β-lactam (4-membered cyclic amide) rings is 1. The Bertz CT molecular complexity index is 690. The van der Waals surface area contributed by atoms with Crippen LogP contribution in [0.5, 0.6) is 0 Å². The first-order valence-corrected chi connectivity index (χ1v) is 12.4. The van der Waals surface area contributed by atoms with E-state index in [1.165, 1.54) is 4.90 Å². The van der Waals surface area contributed by atoms with Crippen molar-refractivity contribution in [1.82, 2.24) is 0 Å². The molecule has 1 unspecified atom stereocenters. The lowest BCUT2D eigenvalue weighted by Crippen LogP contribution is -2.80. The Hall–Kier alpha value is -2.15. The third-order valence-electron chi connectivity index (χ3n) is 4.57. The van der Waals surface area contributed by atoms with E-state index in [0.717, 1.165) is 5.56 Å². The monoisotopic (exact) mass is 377 g/mol. The molecular formula is C19H27NO5Si. The van der Waals surface area contributed by atoms with Crippen LogP contribution >= 0.6 is 0 Å². The van der Waals surface area contributed by atoms with Crippen LogP contribution in [0.4, 0.5) is 5.69 Å². The molecule has 0 radical (unpaired) electrons. The van der Waals surface area contributed by atoms with Gasteiger partial charge in [-0.15, -0.1) is 0 Å². The average molecular weight is 378 g/mol. The minimum Gasteiger partial charge on any atom is -0.464 e. The lowest BCUT2D eigenvalue weighted by atomic mass is 9.81. The SMILES string of the molecule is CCOC(=O)C1(C(=O)OCC)C([Si](C)(C)C)C(=O)N1c1ccc(C)cc1. The van der Waals surface area contributed by atoms with Crippen LogP contribution in [0.3, 0.4) is 0 Å². The van der Waals surface area contributed by atoms with Crippen molar-refractivity contribution in [3.05, 3.63) is 29.8 Å². The molecule has 7 heteroatoms. The third kappa shape index (κ3) is 3.04. The second-order valence-corrected chi connectivity index (χ2v) is 12.8. The zero-order valence-electron chi connectivity index (χ0n) is 16.3. The summed E-state index contributed by atoms with van der Waals surface area (Å²) in [6, 6.07) is 7.15. The summed E-state index contributed by atoms with van der Waals surface area (Å²) in [5, 5.41) is 0. The summed E-state index contributed by atoms with van der Waals surface area (Å²) in [5.74, 6) is -1.66. The zero-order valence-corrected chi connectivity index (χ0v) is 17.3. The molecule has 26 heavy (non-hydrogen) atoms. The Morgan fingerprint density at radius 3 is 1.88 bits per heavy atom. The first-order chi connectivity index (χ1) is 12.1. The molecule has 1 fully saturated rings. The Morgan fingerprint density at radius 1 is 1.04 bits per heavy atom. The number of anilines is 1. The number of nitrogens with zero attached hydrogens (tertiary/aromatic N) is 1. The number of rotatable bonds is 6. The van der Waals surface area contributed by atoms with Crippen molar-refractivity contribution in [3.8, 4) is 0 Å². The standard InChI is InChI=1S/C19H27NO5Si/c1-7-24-17(22)19(18(23)25-8-2)15(26(4,5)6)16(21)20(19)14-11-9-13(3)10-12-14/h9-12,15H,7-8H2,1-6H3. The van der Waals surface area contributed by atoms with Gasteiger partial charge in [-0.25, -0.2) is 9.59 Å². The van der Waals surface area contributed by atoms with E-state index in [0.29, 0.717) is 5.69 Å². The second kappa shape index (κ2) is 7.23. The summed E-state index contributed by atoms with van der Waals surface area (Å²) in [6.07, 6.45) is 0. The molecule has 6 nitrogen and oxygen atoms in total.